The number of rotatable bonds is 2. The maximum Gasteiger partial charge on any atom is 0.00389 e. The summed E-state index contributed by atoms with van der Waals surface area (Å²) in [5.74, 6) is 5.75. The maximum atomic E-state index is 5.89. The lowest BCUT2D eigenvalue weighted by Gasteiger charge is -2.43. The first-order valence-corrected chi connectivity index (χ1v) is 6.76. The van der Waals surface area contributed by atoms with Crippen molar-refractivity contribution in [1.82, 2.24) is 0 Å². The number of hydrogen-bond donors (Lipinski definition) is 1. The number of nitrogens with two attached hydrogens (primary N) is 1. The van der Waals surface area contributed by atoms with Crippen molar-refractivity contribution in [1.29, 1.82) is 0 Å². The normalized spacial score (nSPS) is 38.3. The van der Waals surface area contributed by atoms with Crippen LogP contribution in [-0.2, 0) is 0 Å². The molecule has 0 aromatic rings. The summed E-state index contributed by atoms with van der Waals surface area (Å²) >= 11 is 2.13. The van der Waals surface area contributed by atoms with Crippen molar-refractivity contribution < 1.29 is 0 Å². The highest BCUT2D eigenvalue weighted by molar-refractivity contribution is 7.99. The molecule has 0 bridgehead atoms. The van der Waals surface area contributed by atoms with E-state index in [2.05, 4.69) is 18.7 Å². The zero-order valence-electron chi connectivity index (χ0n) is 8.54. The zero-order chi connectivity index (χ0) is 9.26. The third-order valence-corrected chi connectivity index (χ3v) is 4.94. The molecule has 1 nitrogen and oxygen atoms in total. The molecule has 0 aromatic heterocycles. The van der Waals surface area contributed by atoms with E-state index in [0.717, 1.165) is 17.8 Å². The van der Waals surface area contributed by atoms with Crippen molar-refractivity contribution in [2.75, 3.05) is 11.5 Å². The second kappa shape index (κ2) is 4.22. The van der Waals surface area contributed by atoms with Gasteiger partial charge in [-0.1, -0.05) is 0 Å². The Balaban J connectivity index is 1.72. The summed E-state index contributed by atoms with van der Waals surface area (Å²) in [6.07, 6.45) is 5.79. The van der Waals surface area contributed by atoms with Gasteiger partial charge >= 0.3 is 0 Å². The Morgan fingerprint density at radius 2 is 1.77 bits per heavy atom. The average molecular weight is 199 g/mol. The van der Waals surface area contributed by atoms with Gasteiger partial charge in [0, 0.05) is 6.04 Å². The SMILES string of the molecule is CC(N)C1CC(C2CCSCC2)C1. The molecule has 0 spiro atoms. The van der Waals surface area contributed by atoms with Gasteiger partial charge in [0.2, 0.25) is 0 Å². The summed E-state index contributed by atoms with van der Waals surface area (Å²) in [7, 11) is 0. The smallest absolute Gasteiger partial charge is 0.00389 e. The Hall–Kier alpha value is 0.310. The molecule has 1 atom stereocenters. The lowest BCUT2D eigenvalue weighted by Crippen LogP contribution is -2.40. The van der Waals surface area contributed by atoms with Gasteiger partial charge in [0.05, 0.1) is 0 Å². The van der Waals surface area contributed by atoms with Gasteiger partial charge in [-0.15, -0.1) is 0 Å². The first-order chi connectivity index (χ1) is 6.27. The summed E-state index contributed by atoms with van der Waals surface area (Å²) in [5, 5.41) is 0. The van der Waals surface area contributed by atoms with Crippen molar-refractivity contribution in [2.45, 2.75) is 38.6 Å². The van der Waals surface area contributed by atoms with Crippen molar-refractivity contribution in [3.63, 3.8) is 0 Å². The highest BCUT2D eigenvalue weighted by Crippen LogP contribution is 2.44. The van der Waals surface area contributed by atoms with Crippen LogP contribution in [0.4, 0.5) is 0 Å². The molecule has 0 amide bonds. The van der Waals surface area contributed by atoms with Crippen LogP contribution in [0, 0.1) is 17.8 Å². The van der Waals surface area contributed by atoms with Gasteiger partial charge in [0.15, 0.2) is 0 Å². The molecule has 1 unspecified atom stereocenters. The minimum atomic E-state index is 0.439. The topological polar surface area (TPSA) is 26.0 Å². The Bertz CT molecular complexity index is 157. The molecule has 2 heteroatoms. The van der Waals surface area contributed by atoms with E-state index in [-0.39, 0.29) is 0 Å². The Labute approximate surface area is 85.8 Å². The van der Waals surface area contributed by atoms with Crippen LogP contribution in [0.2, 0.25) is 0 Å². The van der Waals surface area contributed by atoms with Crippen LogP contribution in [0.25, 0.3) is 0 Å². The number of thioether (sulfide) groups is 1. The standard InChI is InChI=1S/C11H21NS/c1-8(12)10-6-11(7-10)9-2-4-13-5-3-9/h8-11H,2-7,12H2,1H3. The Morgan fingerprint density at radius 3 is 2.31 bits per heavy atom. The number of hydrogen-bond acceptors (Lipinski definition) is 2. The molecule has 1 saturated heterocycles. The van der Waals surface area contributed by atoms with Crippen LogP contribution in [-0.4, -0.2) is 17.5 Å². The quantitative estimate of drug-likeness (QED) is 0.739. The van der Waals surface area contributed by atoms with Crippen LogP contribution in [0.3, 0.4) is 0 Å². The predicted molar refractivity (Wildman–Crippen MR) is 59.9 cm³/mol. The predicted octanol–water partition coefficient (Wildman–Crippen LogP) is 2.50. The third kappa shape index (κ3) is 2.21. The van der Waals surface area contributed by atoms with Gasteiger partial charge in [-0.25, -0.2) is 0 Å². The molecule has 1 aliphatic carbocycles. The molecule has 1 saturated carbocycles. The zero-order valence-corrected chi connectivity index (χ0v) is 9.35. The van der Waals surface area contributed by atoms with Crippen molar-refractivity contribution in [2.24, 2.45) is 23.5 Å². The lowest BCUT2D eigenvalue weighted by atomic mass is 9.65. The second-order valence-corrected chi connectivity index (χ2v) is 6.03. The van der Waals surface area contributed by atoms with Crippen LogP contribution in [0.1, 0.15) is 32.6 Å². The molecular weight excluding hydrogens is 178 g/mol. The fourth-order valence-electron chi connectivity index (χ4n) is 2.71. The van der Waals surface area contributed by atoms with E-state index in [1.807, 2.05) is 0 Å². The van der Waals surface area contributed by atoms with E-state index in [4.69, 9.17) is 5.73 Å². The summed E-state index contributed by atoms with van der Waals surface area (Å²) < 4.78 is 0. The molecule has 0 aromatic carbocycles. The molecule has 76 valence electrons. The largest absolute Gasteiger partial charge is 0.328 e. The van der Waals surface area contributed by atoms with E-state index >= 15 is 0 Å². The molecule has 1 aliphatic heterocycles. The van der Waals surface area contributed by atoms with E-state index in [1.165, 1.54) is 37.2 Å². The Morgan fingerprint density at radius 1 is 1.15 bits per heavy atom. The molecule has 1 heterocycles. The van der Waals surface area contributed by atoms with E-state index < -0.39 is 0 Å². The first-order valence-electron chi connectivity index (χ1n) is 5.60. The fraction of sp³-hybridized carbons (Fsp3) is 1.00. The van der Waals surface area contributed by atoms with Gasteiger partial charge in [0.25, 0.3) is 0 Å². The average Bonchev–Trinajstić information content (AvgIpc) is 2.02. The summed E-state index contributed by atoms with van der Waals surface area (Å²) in [6, 6.07) is 0.439. The fourth-order valence-corrected chi connectivity index (χ4v) is 3.85. The first kappa shape index (κ1) is 9.85. The lowest BCUT2D eigenvalue weighted by molar-refractivity contribution is 0.102. The van der Waals surface area contributed by atoms with Crippen LogP contribution >= 0.6 is 11.8 Å². The second-order valence-electron chi connectivity index (χ2n) is 4.80. The minimum absolute atomic E-state index is 0.439. The highest BCUT2D eigenvalue weighted by Gasteiger charge is 2.36. The molecule has 2 N–H and O–H groups in total. The molecule has 0 radical (unpaired) electrons. The molecule has 13 heavy (non-hydrogen) atoms. The van der Waals surface area contributed by atoms with Crippen LogP contribution < -0.4 is 5.73 Å². The molecule has 2 rings (SSSR count). The van der Waals surface area contributed by atoms with Crippen LogP contribution in [0.5, 0.6) is 0 Å². The van der Waals surface area contributed by atoms with Gasteiger partial charge in [-0.05, 0) is 61.9 Å². The van der Waals surface area contributed by atoms with Crippen LogP contribution in [0.15, 0.2) is 0 Å². The van der Waals surface area contributed by atoms with Gasteiger partial charge in [-0.3, -0.25) is 0 Å². The summed E-state index contributed by atoms with van der Waals surface area (Å²) in [4.78, 5) is 0. The van der Waals surface area contributed by atoms with Gasteiger partial charge < -0.3 is 5.73 Å². The molecule has 2 fully saturated rings. The summed E-state index contributed by atoms with van der Waals surface area (Å²) in [6.45, 7) is 2.16. The summed E-state index contributed by atoms with van der Waals surface area (Å²) in [5.41, 5.74) is 5.89. The molecule has 2 aliphatic rings. The van der Waals surface area contributed by atoms with Crippen molar-refractivity contribution in [3.05, 3.63) is 0 Å². The monoisotopic (exact) mass is 199 g/mol. The third-order valence-electron chi connectivity index (χ3n) is 3.89. The molecular formula is C11H21NS. The van der Waals surface area contributed by atoms with E-state index in [0.29, 0.717) is 6.04 Å². The van der Waals surface area contributed by atoms with Crippen molar-refractivity contribution in [3.8, 4) is 0 Å². The van der Waals surface area contributed by atoms with E-state index in [1.54, 1.807) is 0 Å². The Kier molecular flexibility index (Phi) is 3.20. The van der Waals surface area contributed by atoms with Gasteiger partial charge in [-0.2, -0.15) is 11.8 Å². The highest BCUT2D eigenvalue weighted by atomic mass is 32.2. The van der Waals surface area contributed by atoms with Crippen molar-refractivity contribution >= 4 is 11.8 Å². The maximum absolute atomic E-state index is 5.89. The minimum Gasteiger partial charge on any atom is -0.328 e. The van der Waals surface area contributed by atoms with Gasteiger partial charge in [0.1, 0.15) is 0 Å². The van der Waals surface area contributed by atoms with E-state index in [9.17, 15) is 0 Å².